The Morgan fingerprint density at radius 3 is 2.35 bits per heavy atom. The number of hydrogen-bond donors (Lipinski definition) is 1. The van der Waals surface area contributed by atoms with Gasteiger partial charge in [-0.2, -0.15) is 0 Å². The molecule has 0 saturated heterocycles. The quantitative estimate of drug-likeness (QED) is 0.932. The van der Waals surface area contributed by atoms with E-state index in [2.05, 4.69) is 15.3 Å². The molecule has 0 saturated carbocycles. The van der Waals surface area contributed by atoms with Gasteiger partial charge in [0.1, 0.15) is 0 Å². The van der Waals surface area contributed by atoms with Gasteiger partial charge in [-0.25, -0.2) is 9.97 Å². The molecule has 0 radical (unpaired) electrons. The van der Waals surface area contributed by atoms with Gasteiger partial charge in [-0.15, -0.1) is 0 Å². The van der Waals surface area contributed by atoms with E-state index in [9.17, 15) is 4.79 Å². The molecule has 5 heteroatoms. The molecule has 0 aliphatic carbocycles. The van der Waals surface area contributed by atoms with Gasteiger partial charge in [-0.3, -0.25) is 4.79 Å². The lowest BCUT2D eigenvalue weighted by Crippen LogP contribution is -2.14. The predicted octanol–water partition coefficient (Wildman–Crippen LogP) is 3.78. The van der Waals surface area contributed by atoms with E-state index in [1.54, 1.807) is 24.5 Å². The average Bonchev–Trinajstić information content (AvgIpc) is 2.39. The molecule has 0 aliphatic heterocycles. The number of anilines is 1. The van der Waals surface area contributed by atoms with Gasteiger partial charge in [-0.1, -0.05) is 25.4 Å². The summed E-state index contributed by atoms with van der Waals surface area (Å²) in [6, 6.07) is 7.29. The fraction of sp³-hybridized carbons (Fsp3) is 0.267. The first kappa shape index (κ1) is 14.5. The molecule has 2 aromatic rings. The van der Waals surface area contributed by atoms with Crippen LogP contribution in [0.1, 0.15) is 20.3 Å². The molecule has 2 rings (SSSR count). The first-order valence-corrected chi connectivity index (χ1v) is 6.80. The number of aromatic nitrogens is 2. The fourth-order valence-corrected chi connectivity index (χ4v) is 1.85. The highest BCUT2D eigenvalue weighted by Gasteiger charge is 2.06. The molecule has 0 fully saturated rings. The molecule has 0 atom stereocenters. The van der Waals surface area contributed by atoms with Crippen molar-refractivity contribution >= 4 is 23.2 Å². The van der Waals surface area contributed by atoms with Crippen LogP contribution in [0.2, 0.25) is 5.02 Å². The molecule has 0 unspecified atom stereocenters. The van der Waals surface area contributed by atoms with Gasteiger partial charge in [0.15, 0.2) is 5.82 Å². The Hall–Kier alpha value is -1.94. The first-order valence-electron chi connectivity index (χ1n) is 6.42. The molecular formula is C15H16ClN3O. The topological polar surface area (TPSA) is 54.9 Å². The van der Waals surface area contributed by atoms with Crippen LogP contribution in [0.3, 0.4) is 0 Å². The molecule has 4 nitrogen and oxygen atoms in total. The number of rotatable bonds is 4. The van der Waals surface area contributed by atoms with Crippen LogP contribution in [-0.4, -0.2) is 15.9 Å². The predicted molar refractivity (Wildman–Crippen MR) is 80.6 cm³/mol. The minimum atomic E-state index is -0.0251. The van der Waals surface area contributed by atoms with Crippen molar-refractivity contribution < 1.29 is 4.79 Å². The van der Waals surface area contributed by atoms with Crippen LogP contribution in [0.4, 0.5) is 5.69 Å². The van der Waals surface area contributed by atoms with Crippen molar-refractivity contribution in [1.82, 2.24) is 9.97 Å². The second-order valence-electron chi connectivity index (χ2n) is 4.95. The van der Waals surface area contributed by atoms with E-state index in [0.29, 0.717) is 28.9 Å². The maximum absolute atomic E-state index is 11.6. The molecule has 1 heterocycles. The number of benzene rings is 1. The number of nitrogens with zero attached hydrogens (tertiary/aromatic N) is 2. The third-order valence-corrected chi connectivity index (χ3v) is 2.88. The Kier molecular flexibility index (Phi) is 4.69. The lowest BCUT2D eigenvalue weighted by molar-refractivity contribution is -0.116. The van der Waals surface area contributed by atoms with E-state index in [4.69, 9.17) is 11.6 Å². The summed E-state index contributed by atoms with van der Waals surface area (Å²) in [5.74, 6) is 0.899. The van der Waals surface area contributed by atoms with Crippen LogP contribution in [0, 0.1) is 5.92 Å². The largest absolute Gasteiger partial charge is 0.323 e. The summed E-state index contributed by atoms with van der Waals surface area (Å²) in [5, 5.41) is 3.45. The Labute approximate surface area is 123 Å². The molecule has 0 spiro atoms. The minimum Gasteiger partial charge on any atom is -0.323 e. The van der Waals surface area contributed by atoms with Gasteiger partial charge in [0.25, 0.3) is 0 Å². The number of amides is 1. The van der Waals surface area contributed by atoms with Crippen molar-refractivity contribution in [2.75, 3.05) is 5.32 Å². The highest BCUT2D eigenvalue weighted by molar-refractivity contribution is 6.30. The van der Waals surface area contributed by atoms with Crippen LogP contribution in [-0.2, 0) is 4.79 Å². The van der Waals surface area contributed by atoms with Gasteiger partial charge in [0.2, 0.25) is 5.91 Å². The summed E-state index contributed by atoms with van der Waals surface area (Å²) < 4.78 is 0. The highest BCUT2D eigenvalue weighted by Crippen LogP contribution is 2.18. The van der Waals surface area contributed by atoms with Gasteiger partial charge in [-0.05, 0) is 30.2 Å². The molecule has 1 N–H and O–H groups in total. The first-order chi connectivity index (χ1) is 9.54. The van der Waals surface area contributed by atoms with Crippen molar-refractivity contribution in [1.29, 1.82) is 0 Å². The normalized spacial score (nSPS) is 10.6. The maximum atomic E-state index is 11.6. The maximum Gasteiger partial charge on any atom is 0.224 e. The smallest absolute Gasteiger partial charge is 0.224 e. The summed E-state index contributed by atoms with van der Waals surface area (Å²) in [5.41, 5.74) is 1.49. The second kappa shape index (κ2) is 6.48. The lowest BCUT2D eigenvalue weighted by Gasteiger charge is -2.07. The Morgan fingerprint density at radius 1 is 1.20 bits per heavy atom. The Balaban J connectivity index is 2.06. The van der Waals surface area contributed by atoms with Crippen molar-refractivity contribution in [3.8, 4) is 11.4 Å². The SMILES string of the molecule is CC(C)CC(=O)Nc1cnc(-c2ccc(Cl)cc2)nc1. The average molecular weight is 290 g/mol. The zero-order valence-corrected chi connectivity index (χ0v) is 12.2. The van der Waals surface area contributed by atoms with Crippen LogP contribution in [0.15, 0.2) is 36.7 Å². The number of carbonyl (C=O) groups is 1. The molecule has 104 valence electrons. The zero-order chi connectivity index (χ0) is 14.5. The zero-order valence-electron chi connectivity index (χ0n) is 11.4. The van der Waals surface area contributed by atoms with Crippen LogP contribution < -0.4 is 5.32 Å². The molecule has 0 bridgehead atoms. The molecule has 1 amide bonds. The Morgan fingerprint density at radius 2 is 1.80 bits per heavy atom. The van der Waals surface area contributed by atoms with Crippen molar-refractivity contribution in [3.63, 3.8) is 0 Å². The van der Waals surface area contributed by atoms with Crippen LogP contribution in [0.5, 0.6) is 0 Å². The van der Waals surface area contributed by atoms with E-state index in [1.165, 1.54) is 0 Å². The van der Waals surface area contributed by atoms with E-state index in [0.717, 1.165) is 5.56 Å². The van der Waals surface area contributed by atoms with E-state index in [1.807, 2.05) is 26.0 Å². The molecular weight excluding hydrogens is 274 g/mol. The van der Waals surface area contributed by atoms with Crippen LogP contribution in [0.25, 0.3) is 11.4 Å². The van der Waals surface area contributed by atoms with Gasteiger partial charge in [0.05, 0.1) is 18.1 Å². The van der Waals surface area contributed by atoms with Crippen LogP contribution >= 0.6 is 11.6 Å². The number of halogens is 1. The molecule has 20 heavy (non-hydrogen) atoms. The monoisotopic (exact) mass is 289 g/mol. The number of hydrogen-bond acceptors (Lipinski definition) is 3. The van der Waals surface area contributed by atoms with Gasteiger partial charge < -0.3 is 5.32 Å². The summed E-state index contributed by atoms with van der Waals surface area (Å²) in [7, 11) is 0. The van der Waals surface area contributed by atoms with Crippen molar-refractivity contribution in [2.24, 2.45) is 5.92 Å². The standard InChI is InChI=1S/C15H16ClN3O/c1-10(2)7-14(20)19-13-8-17-15(18-9-13)11-3-5-12(16)6-4-11/h3-6,8-10H,7H2,1-2H3,(H,19,20). The van der Waals surface area contributed by atoms with E-state index in [-0.39, 0.29) is 5.91 Å². The third-order valence-electron chi connectivity index (χ3n) is 2.63. The highest BCUT2D eigenvalue weighted by atomic mass is 35.5. The van der Waals surface area contributed by atoms with Crippen molar-refractivity contribution in [3.05, 3.63) is 41.7 Å². The number of carbonyl (C=O) groups excluding carboxylic acids is 1. The molecule has 1 aromatic heterocycles. The van der Waals surface area contributed by atoms with E-state index < -0.39 is 0 Å². The summed E-state index contributed by atoms with van der Waals surface area (Å²) in [4.78, 5) is 20.1. The summed E-state index contributed by atoms with van der Waals surface area (Å²) in [6.45, 7) is 4.00. The summed E-state index contributed by atoms with van der Waals surface area (Å²) >= 11 is 5.83. The number of nitrogens with one attached hydrogen (secondary N) is 1. The Bertz CT molecular complexity index is 579. The third kappa shape index (κ3) is 4.03. The second-order valence-corrected chi connectivity index (χ2v) is 5.38. The fourth-order valence-electron chi connectivity index (χ4n) is 1.72. The molecule has 1 aromatic carbocycles. The van der Waals surface area contributed by atoms with Crippen molar-refractivity contribution in [2.45, 2.75) is 20.3 Å². The van der Waals surface area contributed by atoms with E-state index >= 15 is 0 Å². The molecule has 0 aliphatic rings. The lowest BCUT2D eigenvalue weighted by atomic mass is 10.1. The minimum absolute atomic E-state index is 0.0251. The van der Waals surface area contributed by atoms with Gasteiger partial charge >= 0.3 is 0 Å². The van der Waals surface area contributed by atoms with Gasteiger partial charge in [0, 0.05) is 17.0 Å². The summed E-state index contributed by atoms with van der Waals surface area (Å²) in [6.07, 6.45) is 3.70.